The summed E-state index contributed by atoms with van der Waals surface area (Å²) in [5.74, 6) is 1.41. The first-order valence-corrected chi connectivity index (χ1v) is 10.8. The Labute approximate surface area is 173 Å². The zero-order valence-corrected chi connectivity index (χ0v) is 16.9. The van der Waals surface area contributed by atoms with Gasteiger partial charge in [0.2, 0.25) is 5.89 Å². The molecule has 1 aliphatic heterocycles. The van der Waals surface area contributed by atoms with Crippen molar-refractivity contribution in [3.05, 3.63) is 59.3 Å². The molecule has 30 heavy (non-hydrogen) atoms. The largest absolute Gasteiger partial charge is 0.407 e. The van der Waals surface area contributed by atoms with Crippen LogP contribution >= 0.6 is 0 Å². The Morgan fingerprint density at radius 1 is 1.23 bits per heavy atom. The van der Waals surface area contributed by atoms with Gasteiger partial charge in [-0.1, -0.05) is 18.1 Å². The van der Waals surface area contributed by atoms with Crippen LogP contribution in [0.1, 0.15) is 73.1 Å². The van der Waals surface area contributed by atoms with Crippen LogP contribution in [0.2, 0.25) is 0 Å². The summed E-state index contributed by atoms with van der Waals surface area (Å²) in [6.07, 6.45) is 9.42. The molecule has 1 N–H and O–H groups in total. The molecule has 2 fully saturated rings. The number of hydrogen-bond donors (Lipinski definition) is 1. The van der Waals surface area contributed by atoms with Gasteiger partial charge in [0.15, 0.2) is 0 Å². The first-order chi connectivity index (χ1) is 14.7. The van der Waals surface area contributed by atoms with Crippen LogP contribution in [0.5, 0.6) is 0 Å². The highest BCUT2D eigenvalue weighted by atomic mass is 16.4. The predicted octanol–water partition coefficient (Wildman–Crippen LogP) is 3.52. The minimum Gasteiger partial charge on any atom is -0.407 e. The van der Waals surface area contributed by atoms with Crippen LogP contribution in [-0.4, -0.2) is 36.3 Å². The number of aromatic nitrogens is 6. The molecule has 2 aliphatic carbocycles. The maximum Gasteiger partial charge on any atom is 0.319 e. The van der Waals surface area contributed by atoms with Crippen molar-refractivity contribution >= 4 is 11.5 Å². The molecule has 0 aromatic carbocycles. The molecule has 152 valence electrons. The van der Waals surface area contributed by atoms with Crippen LogP contribution in [-0.2, 0) is 11.8 Å². The number of H-pyrrole nitrogens is 1. The van der Waals surface area contributed by atoms with Crippen LogP contribution in [0, 0.1) is 0 Å². The molecule has 0 unspecified atom stereocenters. The number of aromatic amines is 1. The van der Waals surface area contributed by atoms with E-state index < -0.39 is 0 Å². The van der Waals surface area contributed by atoms with E-state index in [1.54, 1.807) is 6.33 Å². The monoisotopic (exact) mass is 401 g/mol. The number of fused-ring (bicyclic) bond motifs is 2. The van der Waals surface area contributed by atoms with Gasteiger partial charge in [0, 0.05) is 30.3 Å². The Kier molecular flexibility index (Phi) is 3.16. The molecule has 1 atom stereocenters. The first-order valence-electron chi connectivity index (χ1n) is 10.8. The SMILES string of the molecule is CC1(c2nnc(N3CCc4[nH]cnc4[C@H]3c3cc4c(C5CC5)cccn4n3)o2)CC1. The number of nitrogens with one attached hydrogen (secondary N) is 1. The zero-order valence-electron chi connectivity index (χ0n) is 16.9. The molecule has 8 heteroatoms. The second-order valence-corrected chi connectivity index (χ2v) is 9.20. The van der Waals surface area contributed by atoms with E-state index in [2.05, 4.69) is 50.2 Å². The summed E-state index contributed by atoms with van der Waals surface area (Å²) < 4.78 is 8.18. The molecule has 3 aliphatic rings. The minimum atomic E-state index is -0.146. The number of hydrogen-bond acceptors (Lipinski definition) is 6. The highest BCUT2D eigenvalue weighted by Gasteiger charge is 2.45. The van der Waals surface area contributed by atoms with Crippen LogP contribution < -0.4 is 4.90 Å². The fourth-order valence-corrected chi connectivity index (χ4v) is 4.69. The van der Waals surface area contributed by atoms with Gasteiger partial charge in [-0.15, -0.1) is 5.10 Å². The Morgan fingerprint density at radius 3 is 2.97 bits per heavy atom. The van der Waals surface area contributed by atoms with Crippen LogP contribution in [0.4, 0.5) is 6.01 Å². The topological polar surface area (TPSA) is 88.1 Å². The van der Waals surface area contributed by atoms with E-state index in [-0.39, 0.29) is 11.5 Å². The van der Waals surface area contributed by atoms with Gasteiger partial charge >= 0.3 is 6.01 Å². The zero-order chi connectivity index (χ0) is 19.9. The standard InChI is InChI=1S/C22H23N7O/c1-22(7-8-22)20-25-26-21(30-20)28-10-6-15-18(24-12-23-15)19(28)16-11-17-14(13-4-5-13)3-2-9-29(17)27-16/h2-3,9,11-13,19H,4-8,10H2,1H3,(H,23,24)/t19-/m1/s1. The predicted molar refractivity (Wildman–Crippen MR) is 110 cm³/mol. The highest BCUT2D eigenvalue weighted by molar-refractivity contribution is 5.59. The molecule has 0 radical (unpaired) electrons. The second-order valence-electron chi connectivity index (χ2n) is 9.20. The molecule has 4 aromatic heterocycles. The quantitative estimate of drug-likeness (QED) is 0.563. The lowest BCUT2D eigenvalue weighted by Gasteiger charge is -2.32. The molecule has 5 heterocycles. The summed E-state index contributed by atoms with van der Waals surface area (Å²) in [5.41, 5.74) is 5.75. The molecule has 2 saturated carbocycles. The van der Waals surface area contributed by atoms with Gasteiger partial charge in [-0.2, -0.15) is 5.10 Å². The van der Waals surface area contributed by atoms with Gasteiger partial charge in [0.1, 0.15) is 6.04 Å². The van der Waals surface area contributed by atoms with Crippen molar-refractivity contribution in [1.29, 1.82) is 0 Å². The summed E-state index contributed by atoms with van der Waals surface area (Å²) in [5, 5.41) is 13.8. The van der Waals surface area contributed by atoms with Gasteiger partial charge in [-0.05, 0) is 49.3 Å². The first kappa shape index (κ1) is 16.6. The molecule has 8 nitrogen and oxygen atoms in total. The lowest BCUT2D eigenvalue weighted by molar-refractivity contribution is 0.431. The van der Waals surface area contributed by atoms with E-state index in [1.165, 1.54) is 23.9 Å². The molecule has 4 aromatic rings. The third-order valence-corrected chi connectivity index (χ3v) is 6.95. The Bertz CT molecular complexity index is 1260. The van der Waals surface area contributed by atoms with Crippen molar-refractivity contribution in [3.63, 3.8) is 0 Å². The third kappa shape index (κ3) is 2.39. The number of rotatable bonds is 4. The number of anilines is 1. The van der Waals surface area contributed by atoms with Crippen molar-refractivity contribution < 1.29 is 4.42 Å². The minimum absolute atomic E-state index is 0.0519. The molecule has 0 spiro atoms. The summed E-state index contributed by atoms with van der Waals surface area (Å²) in [6, 6.07) is 6.96. The summed E-state index contributed by atoms with van der Waals surface area (Å²) in [6.45, 7) is 2.97. The van der Waals surface area contributed by atoms with Gasteiger partial charge in [0.25, 0.3) is 0 Å². The fraction of sp³-hybridized carbons (Fsp3) is 0.455. The van der Waals surface area contributed by atoms with Crippen LogP contribution in [0.3, 0.4) is 0 Å². The van der Waals surface area contributed by atoms with Crippen LogP contribution in [0.25, 0.3) is 5.52 Å². The molecular formula is C22H23N7O. The van der Waals surface area contributed by atoms with Gasteiger partial charge in [0.05, 0.1) is 23.2 Å². The summed E-state index contributed by atoms with van der Waals surface area (Å²) in [4.78, 5) is 10.1. The smallest absolute Gasteiger partial charge is 0.319 e. The molecule has 0 saturated heterocycles. The van der Waals surface area contributed by atoms with Gasteiger partial charge in [-0.25, -0.2) is 9.50 Å². The molecule has 0 amide bonds. The van der Waals surface area contributed by atoms with E-state index in [1.807, 2.05) is 10.7 Å². The summed E-state index contributed by atoms with van der Waals surface area (Å²) in [7, 11) is 0. The van der Waals surface area contributed by atoms with E-state index in [9.17, 15) is 0 Å². The Morgan fingerprint density at radius 2 is 2.13 bits per heavy atom. The molecule has 0 bridgehead atoms. The Balaban J connectivity index is 1.36. The fourth-order valence-electron chi connectivity index (χ4n) is 4.69. The number of nitrogens with zero attached hydrogens (tertiary/aromatic N) is 6. The van der Waals surface area contributed by atoms with Gasteiger partial charge < -0.3 is 14.3 Å². The molecular weight excluding hydrogens is 378 g/mol. The van der Waals surface area contributed by atoms with E-state index in [0.717, 1.165) is 48.8 Å². The van der Waals surface area contributed by atoms with Crippen molar-refractivity contribution in [2.24, 2.45) is 0 Å². The van der Waals surface area contributed by atoms with E-state index in [0.29, 0.717) is 11.9 Å². The molecule has 7 rings (SSSR count). The lowest BCUT2D eigenvalue weighted by atomic mass is 10.00. The average molecular weight is 401 g/mol. The number of imidazole rings is 1. The van der Waals surface area contributed by atoms with Crippen LogP contribution in [0.15, 0.2) is 35.1 Å². The third-order valence-electron chi connectivity index (χ3n) is 6.95. The maximum absolute atomic E-state index is 6.17. The number of pyridine rings is 1. The van der Waals surface area contributed by atoms with Gasteiger partial charge in [-0.3, -0.25) is 0 Å². The van der Waals surface area contributed by atoms with Crippen molar-refractivity contribution in [1.82, 2.24) is 29.8 Å². The normalized spacial score (nSPS) is 22.4. The van der Waals surface area contributed by atoms with Crippen molar-refractivity contribution in [2.45, 2.75) is 56.4 Å². The van der Waals surface area contributed by atoms with Crippen molar-refractivity contribution in [3.8, 4) is 0 Å². The van der Waals surface area contributed by atoms with Crippen molar-refractivity contribution in [2.75, 3.05) is 11.4 Å². The Hall–Kier alpha value is -3.16. The van der Waals surface area contributed by atoms with E-state index in [4.69, 9.17) is 9.52 Å². The highest BCUT2D eigenvalue weighted by Crippen LogP contribution is 2.48. The van der Waals surface area contributed by atoms with E-state index >= 15 is 0 Å². The summed E-state index contributed by atoms with van der Waals surface area (Å²) >= 11 is 0. The lowest BCUT2D eigenvalue weighted by Crippen LogP contribution is -2.37. The second kappa shape index (κ2) is 5.71. The maximum atomic E-state index is 6.17. The average Bonchev–Trinajstić information content (AvgIpc) is 3.53.